The van der Waals surface area contributed by atoms with Crippen LogP contribution in [0.2, 0.25) is 0 Å². The Hall–Kier alpha value is 0.110. The van der Waals surface area contributed by atoms with Crippen molar-refractivity contribution in [2.75, 3.05) is 19.4 Å². The number of quaternary nitrogens is 1. The molecule has 0 aromatic heterocycles. The highest BCUT2D eigenvalue weighted by atomic mass is 31.2. The van der Waals surface area contributed by atoms with Gasteiger partial charge in [0, 0.05) is 0 Å². The molecule has 0 saturated carbocycles. The van der Waals surface area contributed by atoms with Gasteiger partial charge >= 0.3 is 7.60 Å². The van der Waals surface area contributed by atoms with E-state index in [0.29, 0.717) is 10.4 Å². The lowest BCUT2D eigenvalue weighted by Gasteiger charge is -2.42. The van der Waals surface area contributed by atoms with E-state index in [0.717, 1.165) is 19.5 Å². The van der Waals surface area contributed by atoms with Crippen LogP contribution in [-0.4, -0.2) is 39.7 Å². The summed E-state index contributed by atoms with van der Waals surface area (Å²) in [5, 5.41) is 0. The normalized spacial score (nSPS) is 16.8. The van der Waals surface area contributed by atoms with Crippen LogP contribution in [0.1, 0.15) is 41.0 Å². The molecule has 1 unspecified atom stereocenters. The van der Waals surface area contributed by atoms with Gasteiger partial charge in [0.2, 0.25) is 0 Å². The second kappa shape index (κ2) is 6.15. The van der Waals surface area contributed by atoms with Crippen molar-refractivity contribution in [1.82, 2.24) is 0 Å². The van der Waals surface area contributed by atoms with Gasteiger partial charge in [0.1, 0.15) is 0 Å². The lowest BCUT2D eigenvalue weighted by atomic mass is 10.1. The summed E-state index contributed by atoms with van der Waals surface area (Å²) >= 11 is 0. The van der Waals surface area contributed by atoms with Crippen molar-refractivity contribution in [3.8, 4) is 0 Å². The topological polar surface area (TPSA) is 57.5 Å². The molecule has 0 amide bonds. The maximum absolute atomic E-state index is 11.2. The van der Waals surface area contributed by atoms with E-state index in [1.807, 2.05) is 20.8 Å². The van der Waals surface area contributed by atoms with Gasteiger partial charge in [-0.05, 0) is 33.1 Å². The predicted octanol–water partition coefficient (Wildman–Crippen LogP) is 2.41. The zero-order valence-corrected chi connectivity index (χ0v) is 12.1. The Morgan fingerprint density at radius 1 is 1.19 bits per heavy atom. The summed E-state index contributed by atoms with van der Waals surface area (Å²) in [6.45, 7) is 12.0. The molecule has 0 aromatic rings. The van der Waals surface area contributed by atoms with Crippen LogP contribution in [-0.2, 0) is 4.57 Å². The van der Waals surface area contributed by atoms with Crippen LogP contribution in [0.5, 0.6) is 0 Å². The van der Waals surface area contributed by atoms with Crippen molar-refractivity contribution in [2.45, 2.75) is 47.1 Å². The van der Waals surface area contributed by atoms with Gasteiger partial charge in [-0.1, -0.05) is 13.8 Å². The highest BCUT2D eigenvalue weighted by molar-refractivity contribution is 7.51. The van der Waals surface area contributed by atoms with Crippen LogP contribution in [0, 0.1) is 5.92 Å². The first-order valence-electron chi connectivity index (χ1n) is 6.03. The Morgan fingerprint density at radius 3 is 1.94 bits per heavy atom. The number of nitrogens with zero attached hydrogens (tertiary/aromatic N) is 1. The smallest absolute Gasteiger partial charge is 0.321 e. The lowest BCUT2D eigenvalue weighted by molar-refractivity contribution is -0.937. The predicted molar refractivity (Wildman–Crippen MR) is 67.2 cm³/mol. The largest absolute Gasteiger partial charge is 0.379 e. The lowest BCUT2D eigenvalue weighted by Crippen LogP contribution is -2.54. The van der Waals surface area contributed by atoms with Gasteiger partial charge in [0.15, 0.2) is 6.29 Å². The van der Waals surface area contributed by atoms with Crippen LogP contribution in [0.3, 0.4) is 0 Å². The van der Waals surface area contributed by atoms with Gasteiger partial charge in [-0.15, -0.1) is 0 Å². The molecule has 0 fully saturated rings. The van der Waals surface area contributed by atoms with Crippen LogP contribution in [0.4, 0.5) is 0 Å². The molecule has 5 heteroatoms. The molecule has 0 radical (unpaired) electrons. The summed E-state index contributed by atoms with van der Waals surface area (Å²) in [5.74, 6) is 0.569. The molecule has 1 atom stereocenters. The fourth-order valence-corrected chi connectivity index (χ4v) is 3.40. The Bertz CT molecular complexity index is 250. The molecule has 0 heterocycles. The van der Waals surface area contributed by atoms with E-state index in [-0.39, 0.29) is 12.3 Å². The van der Waals surface area contributed by atoms with E-state index in [1.54, 1.807) is 0 Å². The number of hydrogen-bond donors (Lipinski definition) is 2. The van der Waals surface area contributed by atoms with Gasteiger partial charge in [0.05, 0.1) is 19.1 Å². The van der Waals surface area contributed by atoms with Gasteiger partial charge in [-0.3, -0.25) is 4.57 Å². The molecule has 16 heavy (non-hydrogen) atoms. The summed E-state index contributed by atoms with van der Waals surface area (Å²) < 4.78 is 11.8. The maximum Gasteiger partial charge on any atom is 0.379 e. The zero-order valence-electron chi connectivity index (χ0n) is 11.2. The molecule has 0 rings (SSSR count). The molecule has 2 N–H and O–H groups in total. The van der Waals surface area contributed by atoms with Crippen molar-refractivity contribution >= 4 is 7.60 Å². The fourth-order valence-electron chi connectivity index (χ4n) is 2.00. The molecule has 0 bridgehead atoms. The summed E-state index contributed by atoms with van der Waals surface area (Å²) in [6.07, 6.45) is 0.972. The fraction of sp³-hybridized carbons (Fsp3) is 1.00. The van der Waals surface area contributed by atoms with Crippen LogP contribution in [0.25, 0.3) is 0 Å². The van der Waals surface area contributed by atoms with Crippen molar-refractivity contribution in [2.24, 2.45) is 5.92 Å². The Kier molecular flexibility index (Phi) is 6.20. The average Bonchev–Trinajstić information content (AvgIpc) is 2.09. The summed E-state index contributed by atoms with van der Waals surface area (Å²) in [4.78, 5) is 18.4. The van der Waals surface area contributed by atoms with Gasteiger partial charge in [0.25, 0.3) is 0 Å². The minimum atomic E-state index is -3.95. The minimum Gasteiger partial charge on any atom is -0.321 e. The summed E-state index contributed by atoms with van der Waals surface area (Å²) in [5.41, 5.74) is 0. The van der Waals surface area contributed by atoms with Crippen LogP contribution < -0.4 is 0 Å². The van der Waals surface area contributed by atoms with Crippen LogP contribution in [0.15, 0.2) is 0 Å². The first kappa shape index (κ1) is 16.1. The number of hydrogen-bond acceptors (Lipinski definition) is 1. The van der Waals surface area contributed by atoms with E-state index in [1.165, 1.54) is 0 Å². The first-order chi connectivity index (χ1) is 7.13. The minimum absolute atomic E-state index is 0.0338. The number of rotatable bonds is 7. The summed E-state index contributed by atoms with van der Waals surface area (Å²) in [6, 6.07) is 0.247. The Balaban J connectivity index is 4.79. The molecular weight excluding hydrogens is 225 g/mol. The highest BCUT2D eigenvalue weighted by Gasteiger charge is 2.36. The quantitative estimate of drug-likeness (QED) is 0.540. The van der Waals surface area contributed by atoms with Gasteiger partial charge in [-0.2, -0.15) is 0 Å². The third-order valence-electron chi connectivity index (χ3n) is 3.34. The molecule has 98 valence electrons. The van der Waals surface area contributed by atoms with E-state index >= 15 is 0 Å². The molecule has 0 aliphatic rings. The van der Waals surface area contributed by atoms with Crippen molar-refractivity contribution < 1.29 is 18.8 Å². The molecule has 0 aliphatic carbocycles. The molecule has 0 aliphatic heterocycles. The monoisotopic (exact) mass is 252 g/mol. The second-order valence-corrected chi connectivity index (χ2v) is 6.95. The molecule has 0 aromatic carbocycles. The highest BCUT2D eigenvalue weighted by Crippen LogP contribution is 2.39. The second-order valence-electron chi connectivity index (χ2n) is 5.34. The molecule has 0 saturated heterocycles. The van der Waals surface area contributed by atoms with E-state index in [4.69, 9.17) is 0 Å². The Morgan fingerprint density at radius 2 is 1.69 bits per heavy atom. The van der Waals surface area contributed by atoms with Crippen molar-refractivity contribution in [3.05, 3.63) is 0 Å². The van der Waals surface area contributed by atoms with E-state index < -0.39 is 7.60 Å². The van der Waals surface area contributed by atoms with Crippen molar-refractivity contribution in [1.29, 1.82) is 0 Å². The van der Waals surface area contributed by atoms with E-state index in [2.05, 4.69) is 13.8 Å². The molecule has 4 nitrogen and oxygen atoms in total. The Labute approximate surface area is 99.4 Å². The van der Waals surface area contributed by atoms with Crippen molar-refractivity contribution in [3.63, 3.8) is 0 Å². The first-order valence-corrected chi connectivity index (χ1v) is 7.83. The molecule has 0 spiro atoms. The standard InChI is InChI=1S/C11H26NO3P/c1-6-12(11(4)5,8-7-10(2)3)9-16(13,14)15/h10-11H,6-9H2,1-5H3,(H-,13,14,15)/p+1. The van der Waals surface area contributed by atoms with Crippen LogP contribution >= 0.6 is 7.60 Å². The van der Waals surface area contributed by atoms with Gasteiger partial charge in [-0.25, -0.2) is 0 Å². The maximum atomic E-state index is 11.2. The third-order valence-corrected chi connectivity index (χ3v) is 4.27. The summed E-state index contributed by atoms with van der Waals surface area (Å²) in [7, 11) is -3.95. The van der Waals surface area contributed by atoms with E-state index in [9.17, 15) is 14.4 Å². The SMILES string of the molecule is CC[N+](CCC(C)C)(CP(=O)(O)O)C(C)C. The molecular formula is C11H27NO3P+. The third kappa shape index (κ3) is 5.44. The average molecular weight is 252 g/mol. The van der Waals surface area contributed by atoms with Gasteiger partial charge < -0.3 is 14.3 Å². The zero-order chi connectivity index (χ0) is 13.0.